The molecule has 0 unspecified atom stereocenters. The Morgan fingerprint density at radius 3 is 2.88 bits per heavy atom. The number of nitriles is 1. The largest absolute Gasteiger partial charge is 0.494 e. The van der Waals surface area contributed by atoms with Crippen LogP contribution in [0.2, 0.25) is 0 Å². The van der Waals surface area contributed by atoms with Crippen molar-refractivity contribution in [3.8, 4) is 11.8 Å². The molecule has 0 saturated carbocycles. The van der Waals surface area contributed by atoms with Crippen LogP contribution in [0.4, 0.5) is 9.80 Å². The van der Waals surface area contributed by atoms with Crippen molar-refractivity contribution < 1.29 is 24.2 Å². The molecule has 3 rings (SSSR count). The average Bonchev–Trinajstić information content (AvgIpc) is 3.13. The zero-order chi connectivity index (χ0) is 23.1. The quantitative estimate of drug-likeness (QED) is 0.626. The van der Waals surface area contributed by atoms with Crippen LogP contribution in [0, 0.1) is 11.3 Å². The molecule has 1 atom stereocenters. The molecule has 8 nitrogen and oxygen atoms in total. The van der Waals surface area contributed by atoms with Crippen LogP contribution in [0.15, 0.2) is 24.3 Å². The van der Waals surface area contributed by atoms with E-state index < -0.39 is 6.09 Å². The van der Waals surface area contributed by atoms with Gasteiger partial charge in [-0.1, -0.05) is 25.1 Å². The lowest BCUT2D eigenvalue weighted by Crippen LogP contribution is -2.36. The number of carbonyl (C=O) groups is 2. The van der Waals surface area contributed by atoms with E-state index >= 15 is 0 Å². The van der Waals surface area contributed by atoms with Gasteiger partial charge in [-0.05, 0) is 36.5 Å². The van der Waals surface area contributed by atoms with Gasteiger partial charge in [0.2, 0.25) is 5.91 Å². The fourth-order valence-electron chi connectivity index (χ4n) is 3.73. The number of nitrogens with one attached hydrogen (secondary N) is 1. The summed E-state index contributed by atoms with van der Waals surface area (Å²) in [6.45, 7) is 4.89. The lowest BCUT2D eigenvalue weighted by Gasteiger charge is -2.26. The minimum absolute atomic E-state index is 0.0536. The number of anilines is 1. The van der Waals surface area contributed by atoms with Crippen molar-refractivity contribution >= 4 is 28.3 Å². The highest BCUT2D eigenvalue weighted by atomic mass is 32.1. The second-order valence-electron chi connectivity index (χ2n) is 7.45. The van der Waals surface area contributed by atoms with Crippen LogP contribution in [0.25, 0.3) is 0 Å². The maximum absolute atomic E-state index is 12.8. The third kappa shape index (κ3) is 5.39. The Balaban J connectivity index is 1.69. The fourth-order valence-corrected chi connectivity index (χ4v) is 4.96. The molecule has 2 N–H and O–H groups in total. The molecule has 2 aromatic rings. The molecule has 32 heavy (non-hydrogen) atoms. The van der Waals surface area contributed by atoms with E-state index in [2.05, 4.69) is 11.4 Å². The van der Waals surface area contributed by atoms with Crippen molar-refractivity contribution in [1.82, 2.24) is 4.90 Å². The van der Waals surface area contributed by atoms with Crippen molar-refractivity contribution in [2.75, 3.05) is 31.7 Å². The Labute approximate surface area is 191 Å². The van der Waals surface area contributed by atoms with Crippen molar-refractivity contribution in [3.63, 3.8) is 0 Å². The van der Waals surface area contributed by atoms with Crippen LogP contribution >= 0.6 is 11.3 Å². The van der Waals surface area contributed by atoms with Gasteiger partial charge in [0, 0.05) is 17.8 Å². The van der Waals surface area contributed by atoms with Crippen molar-refractivity contribution in [1.29, 1.82) is 5.26 Å². The fraction of sp³-hybridized carbons (Fsp3) is 0.435. The second-order valence-corrected chi connectivity index (χ2v) is 8.56. The molecule has 1 aliphatic rings. The summed E-state index contributed by atoms with van der Waals surface area (Å²) in [5, 5.41) is 21.9. The van der Waals surface area contributed by atoms with Gasteiger partial charge in [-0.3, -0.25) is 4.79 Å². The van der Waals surface area contributed by atoms with Gasteiger partial charge in [0.05, 0.1) is 25.3 Å². The van der Waals surface area contributed by atoms with Crippen LogP contribution in [0.3, 0.4) is 0 Å². The van der Waals surface area contributed by atoms with Crippen molar-refractivity contribution in [2.24, 2.45) is 0 Å². The van der Waals surface area contributed by atoms with E-state index in [0.29, 0.717) is 36.7 Å². The summed E-state index contributed by atoms with van der Waals surface area (Å²) >= 11 is 1.32. The van der Waals surface area contributed by atoms with Crippen LogP contribution < -0.4 is 10.1 Å². The maximum atomic E-state index is 12.8. The van der Waals surface area contributed by atoms with Gasteiger partial charge >= 0.3 is 6.09 Å². The predicted octanol–water partition coefficient (Wildman–Crippen LogP) is 3.64. The molecule has 2 amide bonds. The number of rotatable bonds is 8. The summed E-state index contributed by atoms with van der Waals surface area (Å²) in [6, 6.07) is 9.88. The molecular formula is C23H27N3O5S. The van der Waals surface area contributed by atoms with Gasteiger partial charge < -0.3 is 24.8 Å². The highest BCUT2D eigenvalue weighted by Gasteiger charge is 2.28. The standard InChI is InChI=1S/C23H27N3O5S/c1-3-30-19-7-5-4-6-16(19)15(2)12-21(28)25-22-18(13-24)17-8-9-26(14-20(17)32-22)23(29)31-11-10-27/h4-7,15,27H,3,8-12,14H2,1-2H3,(H,25,28)/t15-/m0/s1. The summed E-state index contributed by atoms with van der Waals surface area (Å²) in [7, 11) is 0. The first kappa shape index (κ1) is 23.6. The lowest BCUT2D eigenvalue weighted by atomic mass is 9.96. The van der Waals surface area contributed by atoms with E-state index in [9.17, 15) is 14.9 Å². The lowest BCUT2D eigenvalue weighted by molar-refractivity contribution is -0.116. The van der Waals surface area contributed by atoms with E-state index in [-0.39, 0.29) is 31.5 Å². The first-order valence-corrected chi connectivity index (χ1v) is 11.4. The van der Waals surface area contributed by atoms with Crippen molar-refractivity contribution in [2.45, 2.75) is 39.2 Å². The molecule has 1 aliphatic heterocycles. The van der Waals surface area contributed by atoms with Gasteiger partial charge in [0.1, 0.15) is 23.4 Å². The summed E-state index contributed by atoms with van der Waals surface area (Å²) in [4.78, 5) is 27.3. The minimum Gasteiger partial charge on any atom is -0.494 e. The molecular weight excluding hydrogens is 430 g/mol. The number of fused-ring (bicyclic) bond motifs is 1. The molecule has 1 aromatic heterocycles. The van der Waals surface area contributed by atoms with E-state index in [1.807, 2.05) is 38.1 Å². The minimum atomic E-state index is -0.496. The van der Waals surface area contributed by atoms with E-state index in [1.54, 1.807) is 0 Å². The van der Waals surface area contributed by atoms with Crippen LogP contribution in [-0.4, -0.2) is 48.4 Å². The SMILES string of the molecule is CCOc1ccccc1[C@@H](C)CC(=O)Nc1sc2c(c1C#N)CCN(C(=O)OCCO)C2. The first-order chi connectivity index (χ1) is 15.5. The van der Waals surface area contributed by atoms with Crippen molar-refractivity contribution in [3.05, 3.63) is 45.8 Å². The van der Waals surface area contributed by atoms with E-state index in [1.165, 1.54) is 16.2 Å². The summed E-state index contributed by atoms with van der Waals surface area (Å²) < 4.78 is 10.7. The Kier molecular flexibility index (Phi) is 8.09. The molecule has 1 aromatic carbocycles. The average molecular weight is 458 g/mol. The van der Waals surface area contributed by atoms with Crippen LogP contribution in [0.5, 0.6) is 5.75 Å². The van der Waals surface area contributed by atoms with Gasteiger partial charge in [-0.2, -0.15) is 5.26 Å². The number of carbonyl (C=O) groups excluding carboxylic acids is 2. The molecule has 2 heterocycles. The maximum Gasteiger partial charge on any atom is 0.410 e. The molecule has 0 spiro atoms. The number of ether oxygens (including phenoxy) is 2. The number of aliphatic hydroxyl groups excluding tert-OH is 1. The molecule has 0 saturated heterocycles. The molecule has 0 aliphatic carbocycles. The zero-order valence-corrected chi connectivity index (χ0v) is 19.0. The molecule has 0 fully saturated rings. The molecule has 9 heteroatoms. The number of hydrogen-bond donors (Lipinski definition) is 2. The number of benzene rings is 1. The third-order valence-electron chi connectivity index (χ3n) is 5.24. The summed E-state index contributed by atoms with van der Waals surface area (Å²) in [5.74, 6) is 0.528. The molecule has 170 valence electrons. The normalized spacial score (nSPS) is 13.6. The van der Waals surface area contributed by atoms with Crippen LogP contribution in [-0.2, 0) is 22.5 Å². The Hall–Kier alpha value is -3.09. The highest BCUT2D eigenvalue weighted by Crippen LogP contribution is 2.37. The van der Waals surface area contributed by atoms with Gasteiger partial charge in [-0.25, -0.2) is 4.79 Å². The topological polar surface area (TPSA) is 112 Å². The van der Waals surface area contributed by atoms with Crippen LogP contribution in [0.1, 0.15) is 47.8 Å². The molecule has 0 bridgehead atoms. The number of aliphatic hydroxyl groups is 1. The van der Waals surface area contributed by atoms with E-state index in [0.717, 1.165) is 21.8 Å². The Bertz CT molecular complexity index is 1010. The molecule has 0 radical (unpaired) electrons. The smallest absolute Gasteiger partial charge is 0.410 e. The number of thiophene rings is 1. The first-order valence-electron chi connectivity index (χ1n) is 10.6. The van der Waals surface area contributed by atoms with E-state index in [4.69, 9.17) is 14.6 Å². The van der Waals surface area contributed by atoms with Gasteiger partial charge in [-0.15, -0.1) is 11.3 Å². The predicted molar refractivity (Wildman–Crippen MR) is 121 cm³/mol. The Morgan fingerprint density at radius 1 is 1.38 bits per heavy atom. The number of hydrogen-bond acceptors (Lipinski definition) is 7. The number of para-hydroxylation sites is 1. The third-order valence-corrected chi connectivity index (χ3v) is 6.37. The summed E-state index contributed by atoms with van der Waals surface area (Å²) in [6.07, 6.45) is 0.262. The number of nitrogens with zero attached hydrogens (tertiary/aromatic N) is 2. The second kappa shape index (κ2) is 11.0. The van der Waals surface area contributed by atoms with Gasteiger partial charge in [0.25, 0.3) is 0 Å². The number of amides is 2. The zero-order valence-electron chi connectivity index (χ0n) is 18.2. The van der Waals surface area contributed by atoms with Gasteiger partial charge in [0.15, 0.2) is 0 Å². The monoisotopic (exact) mass is 457 g/mol. The Morgan fingerprint density at radius 2 is 2.16 bits per heavy atom. The summed E-state index contributed by atoms with van der Waals surface area (Å²) in [5.41, 5.74) is 2.30. The highest BCUT2D eigenvalue weighted by molar-refractivity contribution is 7.16.